The molecule has 7 nitrogen and oxygen atoms in total. The molecule has 1 aliphatic carbocycles. The van der Waals surface area contributed by atoms with E-state index in [4.69, 9.17) is 0 Å². The Labute approximate surface area is 126 Å². The number of nitrogens with zero attached hydrogens (tertiary/aromatic N) is 2. The third-order valence-electron chi connectivity index (χ3n) is 3.10. The highest BCUT2D eigenvalue weighted by Crippen LogP contribution is 2.34. The number of anilines is 1. The van der Waals surface area contributed by atoms with E-state index in [1.165, 1.54) is 6.07 Å². The summed E-state index contributed by atoms with van der Waals surface area (Å²) < 4.78 is 53.7. The van der Waals surface area contributed by atoms with Crippen LogP contribution in [0.3, 0.4) is 0 Å². The Morgan fingerprint density at radius 3 is 2.70 bits per heavy atom. The number of hydrogen-bond acceptors (Lipinski definition) is 5. The highest BCUT2D eigenvalue weighted by molar-refractivity contribution is 5.94. The number of amides is 1. The maximum Gasteiger partial charge on any atom is 0.340 e. The topological polar surface area (TPSA) is 94.4 Å². The summed E-state index contributed by atoms with van der Waals surface area (Å²) in [5, 5.41) is 12.8. The number of halogens is 4. The fraction of sp³-hybridized carbons (Fsp3) is 0.500. The summed E-state index contributed by atoms with van der Waals surface area (Å²) in [6.07, 6.45) is -2.64. The first-order valence-electron chi connectivity index (χ1n) is 6.40. The molecular weight excluding hydrogens is 326 g/mol. The van der Waals surface area contributed by atoms with Crippen molar-refractivity contribution >= 4 is 11.6 Å². The summed E-state index contributed by atoms with van der Waals surface area (Å²) >= 11 is 0. The van der Waals surface area contributed by atoms with Crippen molar-refractivity contribution in [2.45, 2.75) is 24.8 Å². The van der Waals surface area contributed by atoms with Crippen molar-refractivity contribution in [1.82, 2.24) is 4.98 Å². The van der Waals surface area contributed by atoms with Crippen molar-refractivity contribution in [3.63, 3.8) is 0 Å². The van der Waals surface area contributed by atoms with Gasteiger partial charge in [0.2, 0.25) is 17.8 Å². The van der Waals surface area contributed by atoms with Crippen molar-refractivity contribution < 1.29 is 32.0 Å². The van der Waals surface area contributed by atoms with Crippen molar-refractivity contribution in [3.05, 3.63) is 28.4 Å². The van der Waals surface area contributed by atoms with Gasteiger partial charge in [0.05, 0.1) is 11.9 Å². The summed E-state index contributed by atoms with van der Waals surface area (Å²) in [7, 11) is 0. The highest BCUT2D eigenvalue weighted by atomic mass is 19.3. The van der Waals surface area contributed by atoms with Gasteiger partial charge in [-0.15, -0.1) is 0 Å². The van der Waals surface area contributed by atoms with Gasteiger partial charge in [0.15, 0.2) is 6.61 Å². The molecule has 23 heavy (non-hydrogen) atoms. The van der Waals surface area contributed by atoms with Gasteiger partial charge in [0.25, 0.3) is 0 Å². The molecule has 1 fully saturated rings. The van der Waals surface area contributed by atoms with Gasteiger partial charge in [0.1, 0.15) is 5.92 Å². The molecule has 1 amide bonds. The predicted octanol–water partition coefficient (Wildman–Crippen LogP) is 1.96. The van der Waals surface area contributed by atoms with E-state index < -0.39 is 41.7 Å². The first-order chi connectivity index (χ1) is 10.7. The van der Waals surface area contributed by atoms with Crippen molar-refractivity contribution in [3.8, 4) is 5.88 Å². The van der Waals surface area contributed by atoms with Crippen LogP contribution in [0.25, 0.3) is 0 Å². The summed E-state index contributed by atoms with van der Waals surface area (Å²) in [4.78, 5) is 25.1. The zero-order valence-electron chi connectivity index (χ0n) is 11.4. The molecule has 0 aliphatic heterocycles. The molecule has 0 bridgehead atoms. The van der Waals surface area contributed by atoms with Crippen LogP contribution in [-0.4, -0.2) is 40.8 Å². The molecule has 1 aliphatic rings. The third-order valence-corrected chi connectivity index (χ3v) is 3.10. The Hall–Kier alpha value is -2.46. The molecular formula is C12H11F4N3O4. The van der Waals surface area contributed by atoms with Gasteiger partial charge in [-0.3, -0.25) is 14.9 Å². The van der Waals surface area contributed by atoms with Crippen LogP contribution in [0.4, 0.5) is 23.2 Å². The van der Waals surface area contributed by atoms with Gasteiger partial charge < -0.3 is 10.1 Å². The number of ether oxygens (including phenoxy) is 1. The summed E-state index contributed by atoms with van der Waals surface area (Å²) in [6.45, 7) is -1.53. The first-order valence-corrected chi connectivity index (χ1v) is 6.40. The number of carbonyl (C=O) groups excluding carboxylic acids is 1. The van der Waals surface area contributed by atoms with Crippen LogP contribution in [0.5, 0.6) is 5.88 Å². The zero-order chi connectivity index (χ0) is 17.2. The van der Waals surface area contributed by atoms with Crippen LogP contribution in [-0.2, 0) is 4.79 Å². The van der Waals surface area contributed by atoms with E-state index in [1.807, 2.05) is 0 Å². The Morgan fingerprint density at radius 1 is 1.52 bits per heavy atom. The highest BCUT2D eigenvalue weighted by Gasteiger charge is 2.53. The minimum absolute atomic E-state index is 0.149. The van der Waals surface area contributed by atoms with Crippen molar-refractivity contribution in [1.29, 1.82) is 0 Å². The lowest BCUT2D eigenvalue weighted by Gasteiger charge is -2.15. The van der Waals surface area contributed by atoms with E-state index in [1.54, 1.807) is 0 Å². The van der Waals surface area contributed by atoms with E-state index in [2.05, 4.69) is 15.0 Å². The second-order valence-electron chi connectivity index (χ2n) is 4.92. The van der Waals surface area contributed by atoms with Crippen LogP contribution in [0.15, 0.2) is 18.3 Å². The van der Waals surface area contributed by atoms with Crippen molar-refractivity contribution in [2.24, 2.45) is 5.92 Å². The van der Waals surface area contributed by atoms with E-state index in [0.29, 0.717) is 0 Å². The number of alkyl halides is 4. The van der Waals surface area contributed by atoms with E-state index in [0.717, 1.165) is 12.3 Å². The van der Waals surface area contributed by atoms with Gasteiger partial charge in [0, 0.05) is 17.4 Å². The maximum atomic E-state index is 12.7. The number of rotatable bonds is 7. The second-order valence-corrected chi connectivity index (χ2v) is 4.92. The summed E-state index contributed by atoms with van der Waals surface area (Å²) in [5.74, 6) is -5.88. The average molecular weight is 337 g/mol. The van der Waals surface area contributed by atoms with Gasteiger partial charge >= 0.3 is 12.3 Å². The zero-order valence-corrected chi connectivity index (χ0v) is 11.4. The monoisotopic (exact) mass is 337 g/mol. The summed E-state index contributed by atoms with van der Waals surface area (Å²) in [5.41, 5.74) is 0.178. The lowest BCUT2D eigenvalue weighted by Crippen LogP contribution is -2.33. The Kier molecular flexibility index (Phi) is 4.66. The van der Waals surface area contributed by atoms with Crippen LogP contribution in [0.1, 0.15) is 6.42 Å². The molecule has 0 radical (unpaired) electrons. The normalized spacial score (nSPS) is 20.2. The maximum absolute atomic E-state index is 12.7. The SMILES string of the molecule is O=C(Nc1ccc(OCC(F)(F)C(F)F)nc1)[C@H]1C[C@@H]1[N+](=O)[O-]. The minimum atomic E-state index is -4.29. The van der Waals surface area contributed by atoms with Crippen LogP contribution >= 0.6 is 0 Å². The van der Waals surface area contributed by atoms with Crippen LogP contribution in [0.2, 0.25) is 0 Å². The molecule has 2 rings (SSSR count). The number of nitro groups is 1. The quantitative estimate of drug-likeness (QED) is 0.466. The summed E-state index contributed by atoms with van der Waals surface area (Å²) in [6, 6.07) is 1.46. The molecule has 1 saturated carbocycles. The molecule has 1 heterocycles. The minimum Gasteiger partial charge on any atom is -0.471 e. The van der Waals surface area contributed by atoms with Gasteiger partial charge in [-0.25, -0.2) is 13.8 Å². The molecule has 0 saturated heterocycles. The second kappa shape index (κ2) is 6.34. The largest absolute Gasteiger partial charge is 0.471 e. The molecule has 2 atom stereocenters. The third kappa shape index (κ3) is 4.27. The molecule has 0 spiro atoms. The van der Waals surface area contributed by atoms with E-state index in [-0.39, 0.29) is 18.0 Å². The Balaban J connectivity index is 1.85. The Bertz CT molecular complexity index is 596. The van der Waals surface area contributed by atoms with E-state index in [9.17, 15) is 32.5 Å². The molecule has 126 valence electrons. The van der Waals surface area contributed by atoms with Gasteiger partial charge in [-0.1, -0.05) is 0 Å². The van der Waals surface area contributed by atoms with Gasteiger partial charge in [-0.2, -0.15) is 8.78 Å². The lowest BCUT2D eigenvalue weighted by molar-refractivity contribution is -0.497. The smallest absolute Gasteiger partial charge is 0.340 e. The van der Waals surface area contributed by atoms with Crippen molar-refractivity contribution in [2.75, 3.05) is 11.9 Å². The fourth-order valence-corrected chi connectivity index (χ4v) is 1.70. The van der Waals surface area contributed by atoms with Gasteiger partial charge in [-0.05, 0) is 6.07 Å². The lowest BCUT2D eigenvalue weighted by atomic mass is 10.3. The number of hydrogen-bond donors (Lipinski definition) is 1. The first kappa shape index (κ1) is 16.9. The molecule has 0 unspecified atom stereocenters. The number of nitrogens with one attached hydrogen (secondary N) is 1. The number of carbonyl (C=O) groups is 1. The average Bonchev–Trinajstić information content (AvgIpc) is 3.27. The Morgan fingerprint density at radius 2 is 2.22 bits per heavy atom. The number of aromatic nitrogens is 1. The predicted molar refractivity (Wildman–Crippen MR) is 68.2 cm³/mol. The molecule has 0 aromatic carbocycles. The van der Waals surface area contributed by atoms with Crippen LogP contribution in [0, 0.1) is 16.0 Å². The molecule has 1 aromatic heterocycles. The number of pyridine rings is 1. The molecule has 11 heteroatoms. The molecule has 1 aromatic rings. The molecule has 1 N–H and O–H groups in total. The van der Waals surface area contributed by atoms with E-state index >= 15 is 0 Å². The standard InChI is InChI=1S/C12H11F4N3O4/c13-11(14)12(15,16)5-23-9-2-1-6(4-17-9)18-10(20)7-3-8(7)19(21)22/h1-2,4,7-8,11H,3,5H2,(H,18,20)/t7-,8-/m0/s1. The van der Waals surface area contributed by atoms with Crippen LogP contribution < -0.4 is 10.1 Å². The fourth-order valence-electron chi connectivity index (χ4n) is 1.70.